The second kappa shape index (κ2) is 7.12. The highest BCUT2D eigenvalue weighted by molar-refractivity contribution is 7.98. The summed E-state index contributed by atoms with van der Waals surface area (Å²) >= 11 is 1.82. The number of pyridine rings is 1. The third-order valence-electron chi connectivity index (χ3n) is 5.14. The third kappa shape index (κ3) is 3.69. The monoisotopic (exact) mass is 351 g/mol. The van der Waals surface area contributed by atoms with Crippen LogP contribution < -0.4 is 4.90 Å². The Morgan fingerprint density at radius 2 is 2.00 bits per heavy atom. The van der Waals surface area contributed by atoms with E-state index in [1.54, 1.807) is 0 Å². The summed E-state index contributed by atoms with van der Waals surface area (Å²) in [6.07, 6.45) is 4.62. The van der Waals surface area contributed by atoms with Crippen LogP contribution in [0, 0.1) is 12.8 Å². The second-order valence-electron chi connectivity index (χ2n) is 7.14. The van der Waals surface area contributed by atoms with Crippen molar-refractivity contribution < 1.29 is 0 Å². The molecule has 3 heterocycles. The minimum absolute atomic E-state index is 0.857. The van der Waals surface area contributed by atoms with Crippen molar-refractivity contribution in [2.24, 2.45) is 5.92 Å². The van der Waals surface area contributed by atoms with Crippen LogP contribution in [-0.2, 0) is 5.75 Å². The summed E-state index contributed by atoms with van der Waals surface area (Å²) in [4.78, 5) is 10.7. The van der Waals surface area contributed by atoms with E-state index in [0.717, 1.165) is 17.4 Å². The first-order valence-electron chi connectivity index (χ1n) is 9.10. The van der Waals surface area contributed by atoms with E-state index in [-0.39, 0.29) is 0 Å². The van der Waals surface area contributed by atoms with Gasteiger partial charge in [-0.15, -0.1) is 11.8 Å². The number of piperidine rings is 1. The molecule has 1 saturated heterocycles. The van der Waals surface area contributed by atoms with Crippen LogP contribution in [0.5, 0.6) is 0 Å². The number of para-hydroxylation sites is 1. The number of thioether (sulfide) groups is 1. The first kappa shape index (κ1) is 16.5. The van der Waals surface area contributed by atoms with E-state index in [0.29, 0.717) is 0 Å². The molecule has 4 rings (SSSR count). The number of aryl methyl sites for hydroxylation is 1. The number of benzene rings is 1. The van der Waals surface area contributed by atoms with Crippen LogP contribution in [0.4, 0.5) is 5.69 Å². The minimum atomic E-state index is 0.857. The summed E-state index contributed by atoms with van der Waals surface area (Å²) in [6.45, 7) is 6.87. The number of nitrogens with zero attached hydrogens (tertiary/aromatic N) is 2. The molecule has 1 aliphatic heterocycles. The Kier molecular flexibility index (Phi) is 4.71. The van der Waals surface area contributed by atoms with Gasteiger partial charge in [0.05, 0.1) is 10.7 Å². The molecule has 1 N–H and O–H groups in total. The Bertz CT molecular complexity index is 829. The molecule has 0 radical (unpaired) electrons. The molecule has 3 aromatic rings. The molecule has 25 heavy (non-hydrogen) atoms. The van der Waals surface area contributed by atoms with Crippen molar-refractivity contribution in [3.63, 3.8) is 0 Å². The predicted molar refractivity (Wildman–Crippen MR) is 107 cm³/mol. The van der Waals surface area contributed by atoms with Gasteiger partial charge in [-0.25, -0.2) is 0 Å². The summed E-state index contributed by atoms with van der Waals surface area (Å²) in [6, 6.07) is 12.9. The molecule has 0 unspecified atom stereocenters. The van der Waals surface area contributed by atoms with Crippen molar-refractivity contribution in [2.75, 3.05) is 18.0 Å². The van der Waals surface area contributed by atoms with Crippen LogP contribution in [0.2, 0.25) is 0 Å². The zero-order valence-electron chi connectivity index (χ0n) is 15.0. The lowest BCUT2D eigenvalue weighted by atomic mass is 9.98. The average Bonchev–Trinajstić information content (AvgIpc) is 3.05. The molecule has 1 fully saturated rings. The number of fused-ring (bicyclic) bond motifs is 1. The first-order chi connectivity index (χ1) is 12.2. The molecule has 0 atom stereocenters. The first-order valence-corrected chi connectivity index (χ1v) is 10.1. The van der Waals surface area contributed by atoms with Gasteiger partial charge in [-0.2, -0.15) is 0 Å². The van der Waals surface area contributed by atoms with Crippen LogP contribution in [0.15, 0.2) is 47.6 Å². The predicted octanol–water partition coefficient (Wildman–Crippen LogP) is 5.40. The van der Waals surface area contributed by atoms with Gasteiger partial charge in [-0.1, -0.05) is 25.1 Å². The SMILES string of the molecule is Cc1cnc(CSc2cc3ccccc3[nH]2)cc1N1CCC(C)CC1. The van der Waals surface area contributed by atoms with Gasteiger partial charge < -0.3 is 9.88 Å². The largest absolute Gasteiger partial charge is 0.371 e. The number of aromatic nitrogens is 2. The summed E-state index contributed by atoms with van der Waals surface area (Å²) in [5, 5.41) is 2.47. The number of hydrogen-bond donors (Lipinski definition) is 1. The fourth-order valence-electron chi connectivity index (χ4n) is 3.50. The van der Waals surface area contributed by atoms with E-state index in [2.05, 4.69) is 65.1 Å². The van der Waals surface area contributed by atoms with Crippen molar-refractivity contribution in [2.45, 2.75) is 37.5 Å². The van der Waals surface area contributed by atoms with Crippen molar-refractivity contribution >= 4 is 28.4 Å². The third-order valence-corrected chi connectivity index (χ3v) is 6.11. The number of hydrogen-bond acceptors (Lipinski definition) is 3. The maximum Gasteiger partial charge on any atom is 0.0736 e. The van der Waals surface area contributed by atoms with E-state index < -0.39 is 0 Å². The van der Waals surface area contributed by atoms with Crippen molar-refractivity contribution in [1.29, 1.82) is 0 Å². The van der Waals surface area contributed by atoms with Crippen LogP contribution in [0.3, 0.4) is 0 Å². The minimum Gasteiger partial charge on any atom is -0.371 e. The fourth-order valence-corrected chi connectivity index (χ4v) is 4.35. The van der Waals surface area contributed by atoms with E-state index in [1.807, 2.05) is 18.0 Å². The highest BCUT2D eigenvalue weighted by Gasteiger charge is 2.18. The standard InChI is InChI=1S/C21H25N3S/c1-15-7-9-24(10-8-15)20-12-18(22-13-16(20)2)14-25-21-11-17-5-3-4-6-19(17)23-21/h3-6,11-13,15,23H,7-10,14H2,1-2H3. The fraction of sp³-hybridized carbons (Fsp3) is 0.381. The van der Waals surface area contributed by atoms with Crippen LogP contribution in [-0.4, -0.2) is 23.1 Å². The molecule has 0 aliphatic carbocycles. The van der Waals surface area contributed by atoms with Crippen LogP contribution in [0.25, 0.3) is 10.9 Å². The molecular weight excluding hydrogens is 326 g/mol. The number of rotatable bonds is 4. The Hall–Kier alpha value is -1.94. The van der Waals surface area contributed by atoms with Gasteiger partial charge in [0.25, 0.3) is 0 Å². The molecule has 2 aromatic heterocycles. The molecule has 1 aromatic carbocycles. The van der Waals surface area contributed by atoms with E-state index in [1.165, 1.54) is 53.1 Å². The number of nitrogens with one attached hydrogen (secondary N) is 1. The maximum atomic E-state index is 4.66. The Morgan fingerprint density at radius 1 is 1.20 bits per heavy atom. The quantitative estimate of drug-likeness (QED) is 0.639. The lowest BCUT2D eigenvalue weighted by Gasteiger charge is -2.33. The Labute approximate surface area is 153 Å². The molecule has 0 amide bonds. The highest BCUT2D eigenvalue weighted by atomic mass is 32.2. The van der Waals surface area contributed by atoms with E-state index in [4.69, 9.17) is 0 Å². The summed E-state index contributed by atoms with van der Waals surface area (Å²) < 4.78 is 0. The summed E-state index contributed by atoms with van der Waals surface area (Å²) in [5.41, 5.74) is 5.01. The Balaban J connectivity index is 1.48. The summed E-state index contributed by atoms with van der Waals surface area (Å²) in [5.74, 6) is 1.75. The molecule has 4 heteroatoms. The maximum absolute atomic E-state index is 4.66. The van der Waals surface area contributed by atoms with Gasteiger partial charge in [0, 0.05) is 41.6 Å². The number of aromatic amines is 1. The molecule has 0 saturated carbocycles. The van der Waals surface area contributed by atoms with E-state index in [9.17, 15) is 0 Å². The van der Waals surface area contributed by atoms with Crippen molar-refractivity contribution in [3.05, 3.63) is 53.9 Å². The number of H-pyrrole nitrogens is 1. The molecule has 130 valence electrons. The summed E-state index contributed by atoms with van der Waals surface area (Å²) in [7, 11) is 0. The van der Waals surface area contributed by atoms with Gasteiger partial charge >= 0.3 is 0 Å². The smallest absolute Gasteiger partial charge is 0.0736 e. The topological polar surface area (TPSA) is 31.9 Å². The van der Waals surface area contributed by atoms with Crippen molar-refractivity contribution in [1.82, 2.24) is 9.97 Å². The average molecular weight is 352 g/mol. The highest BCUT2D eigenvalue weighted by Crippen LogP contribution is 2.29. The van der Waals surface area contributed by atoms with Gasteiger partial charge in [0.15, 0.2) is 0 Å². The molecule has 0 bridgehead atoms. The van der Waals surface area contributed by atoms with Crippen molar-refractivity contribution in [3.8, 4) is 0 Å². The van der Waals surface area contributed by atoms with Gasteiger partial charge in [0.1, 0.15) is 0 Å². The van der Waals surface area contributed by atoms with Crippen LogP contribution in [0.1, 0.15) is 31.0 Å². The van der Waals surface area contributed by atoms with Gasteiger partial charge in [-0.05, 0) is 49.4 Å². The molecule has 0 spiro atoms. The van der Waals surface area contributed by atoms with Gasteiger partial charge in [0.2, 0.25) is 0 Å². The lowest BCUT2D eigenvalue weighted by Crippen LogP contribution is -2.33. The Morgan fingerprint density at radius 3 is 2.80 bits per heavy atom. The zero-order valence-corrected chi connectivity index (χ0v) is 15.8. The number of anilines is 1. The molecular formula is C21H25N3S. The van der Waals surface area contributed by atoms with Gasteiger partial charge in [-0.3, -0.25) is 4.98 Å². The molecule has 1 aliphatic rings. The zero-order chi connectivity index (χ0) is 17.2. The molecule has 3 nitrogen and oxygen atoms in total. The second-order valence-corrected chi connectivity index (χ2v) is 8.16. The normalized spacial score (nSPS) is 15.8. The van der Waals surface area contributed by atoms with Crippen LogP contribution >= 0.6 is 11.8 Å². The van der Waals surface area contributed by atoms with E-state index >= 15 is 0 Å². The lowest BCUT2D eigenvalue weighted by molar-refractivity contribution is 0.438.